The van der Waals surface area contributed by atoms with E-state index >= 15 is 0 Å². The van der Waals surface area contributed by atoms with E-state index in [2.05, 4.69) is 65.4 Å². The zero-order chi connectivity index (χ0) is 19.1. The second-order valence-electron chi connectivity index (χ2n) is 7.83. The van der Waals surface area contributed by atoms with Gasteiger partial charge in [-0.15, -0.1) is 0 Å². The number of hydrogen-bond acceptors (Lipinski definition) is 4. The maximum absolute atomic E-state index is 12.2. The van der Waals surface area contributed by atoms with E-state index in [0.29, 0.717) is 18.2 Å². The number of esters is 1. The van der Waals surface area contributed by atoms with Gasteiger partial charge < -0.3 is 4.74 Å². The molecule has 142 valence electrons. The van der Waals surface area contributed by atoms with Crippen molar-refractivity contribution in [2.45, 2.75) is 19.2 Å². The third-order valence-corrected chi connectivity index (χ3v) is 6.11. The van der Waals surface area contributed by atoms with E-state index in [-0.39, 0.29) is 5.97 Å². The first kappa shape index (κ1) is 17.4. The van der Waals surface area contributed by atoms with E-state index in [0.717, 1.165) is 37.1 Å². The molecule has 0 N–H and O–H groups in total. The lowest BCUT2D eigenvalue weighted by molar-refractivity contribution is 0.0463. The van der Waals surface area contributed by atoms with Gasteiger partial charge >= 0.3 is 5.97 Å². The van der Waals surface area contributed by atoms with Crippen LogP contribution in [0.5, 0.6) is 0 Å². The summed E-state index contributed by atoms with van der Waals surface area (Å²) in [6.07, 6.45) is 0. The van der Waals surface area contributed by atoms with Gasteiger partial charge in [0.05, 0.1) is 5.56 Å². The quantitative estimate of drug-likeness (QED) is 0.651. The highest BCUT2D eigenvalue weighted by atomic mass is 16.5. The van der Waals surface area contributed by atoms with Crippen LogP contribution in [-0.4, -0.2) is 42.5 Å². The summed E-state index contributed by atoms with van der Waals surface area (Å²) in [6.45, 7) is 4.37. The first-order chi connectivity index (χ1) is 13.7. The average molecular weight is 372 g/mol. The van der Waals surface area contributed by atoms with Crippen LogP contribution < -0.4 is 0 Å². The molecule has 5 rings (SSSR count). The van der Waals surface area contributed by atoms with Gasteiger partial charge in [-0.25, -0.2) is 4.79 Å². The number of nitrogens with zero attached hydrogens (tertiary/aromatic N) is 2. The third kappa shape index (κ3) is 2.99. The predicted octanol–water partition coefficient (Wildman–Crippen LogP) is 4.00. The molecule has 0 aromatic heterocycles. The van der Waals surface area contributed by atoms with E-state index in [1.807, 2.05) is 12.1 Å². The maximum Gasteiger partial charge on any atom is 0.339 e. The van der Waals surface area contributed by atoms with Crippen molar-refractivity contribution in [3.8, 4) is 0 Å². The third-order valence-electron chi connectivity index (χ3n) is 6.11. The van der Waals surface area contributed by atoms with Crippen molar-refractivity contribution in [3.05, 3.63) is 82.9 Å². The van der Waals surface area contributed by atoms with Crippen molar-refractivity contribution in [2.24, 2.45) is 0 Å². The molecule has 2 aliphatic rings. The largest absolute Gasteiger partial charge is 0.457 e. The molecule has 0 saturated carbocycles. The first-order valence-electron chi connectivity index (χ1n) is 9.89. The minimum Gasteiger partial charge on any atom is -0.457 e. The Morgan fingerprint density at radius 3 is 2.71 bits per heavy atom. The van der Waals surface area contributed by atoms with Crippen molar-refractivity contribution < 1.29 is 9.53 Å². The van der Waals surface area contributed by atoms with Gasteiger partial charge in [-0.1, -0.05) is 54.6 Å². The SMILES string of the molecule is CN1CCN(Cc2ccc3c4c(cccc24)C(=O)OC3)C[C@@H]1c1ccccc1. The van der Waals surface area contributed by atoms with Crippen LogP contribution in [0, 0.1) is 0 Å². The van der Waals surface area contributed by atoms with Crippen LogP contribution >= 0.6 is 0 Å². The lowest BCUT2D eigenvalue weighted by atomic mass is 9.93. The number of hydrogen-bond donors (Lipinski definition) is 0. The molecule has 0 aliphatic carbocycles. The van der Waals surface area contributed by atoms with E-state index in [4.69, 9.17) is 4.74 Å². The van der Waals surface area contributed by atoms with Crippen molar-refractivity contribution in [3.63, 3.8) is 0 Å². The van der Waals surface area contributed by atoms with Gasteiger partial charge in [0.25, 0.3) is 0 Å². The number of ether oxygens (including phenoxy) is 1. The van der Waals surface area contributed by atoms with Crippen LogP contribution in [0.4, 0.5) is 0 Å². The fourth-order valence-corrected chi connectivity index (χ4v) is 4.54. The molecule has 1 saturated heterocycles. The molecular formula is C24H24N2O2. The van der Waals surface area contributed by atoms with E-state index < -0.39 is 0 Å². The van der Waals surface area contributed by atoms with Gasteiger partial charge in [0.2, 0.25) is 0 Å². The molecule has 0 bridgehead atoms. The monoisotopic (exact) mass is 372 g/mol. The minimum absolute atomic E-state index is 0.209. The summed E-state index contributed by atoms with van der Waals surface area (Å²) in [5.74, 6) is -0.209. The van der Waals surface area contributed by atoms with Crippen molar-refractivity contribution >= 4 is 16.7 Å². The van der Waals surface area contributed by atoms with Crippen molar-refractivity contribution in [1.82, 2.24) is 9.80 Å². The van der Waals surface area contributed by atoms with Gasteiger partial charge in [0.1, 0.15) is 6.61 Å². The van der Waals surface area contributed by atoms with E-state index in [1.54, 1.807) is 0 Å². The standard InChI is InChI=1S/C24H24N2O2/c1-25-12-13-26(15-22(25)17-6-3-2-4-7-17)14-18-10-11-19-16-28-24(27)21-9-5-8-20(18)23(19)21/h2-11,22H,12-16H2,1H3/t22-/m1/s1. The second-order valence-corrected chi connectivity index (χ2v) is 7.83. The molecule has 2 heterocycles. The molecule has 4 heteroatoms. The summed E-state index contributed by atoms with van der Waals surface area (Å²) >= 11 is 0. The molecule has 4 nitrogen and oxygen atoms in total. The highest BCUT2D eigenvalue weighted by Gasteiger charge is 2.27. The smallest absolute Gasteiger partial charge is 0.339 e. The van der Waals surface area contributed by atoms with Crippen LogP contribution in [0.15, 0.2) is 60.7 Å². The molecule has 0 unspecified atom stereocenters. The minimum atomic E-state index is -0.209. The number of likely N-dealkylation sites (N-methyl/N-ethyl adjacent to an activating group) is 1. The summed E-state index contributed by atoms with van der Waals surface area (Å²) in [5, 5.41) is 2.26. The number of rotatable bonds is 3. The summed E-state index contributed by atoms with van der Waals surface area (Å²) in [4.78, 5) is 17.1. The van der Waals surface area contributed by atoms with Crippen LogP contribution in [0.25, 0.3) is 10.8 Å². The zero-order valence-electron chi connectivity index (χ0n) is 16.1. The number of carbonyl (C=O) groups excluding carboxylic acids is 1. The van der Waals surface area contributed by atoms with Crippen LogP contribution in [0.3, 0.4) is 0 Å². The van der Waals surface area contributed by atoms with Gasteiger partial charge in [-0.05, 0) is 35.2 Å². The van der Waals surface area contributed by atoms with Gasteiger partial charge in [0.15, 0.2) is 0 Å². The molecule has 28 heavy (non-hydrogen) atoms. The number of carbonyl (C=O) groups is 1. The summed E-state index contributed by atoms with van der Waals surface area (Å²) in [7, 11) is 2.21. The Kier molecular flexibility index (Phi) is 4.38. The molecule has 3 aromatic carbocycles. The fourth-order valence-electron chi connectivity index (χ4n) is 4.54. The molecule has 0 spiro atoms. The Hall–Kier alpha value is -2.69. The van der Waals surface area contributed by atoms with Gasteiger partial charge in [0, 0.05) is 37.6 Å². The highest BCUT2D eigenvalue weighted by molar-refractivity contribution is 6.08. The normalized spacial score (nSPS) is 20.3. The van der Waals surface area contributed by atoms with Gasteiger partial charge in [-0.2, -0.15) is 0 Å². The average Bonchev–Trinajstić information content (AvgIpc) is 2.74. The molecule has 1 fully saturated rings. The molecular weight excluding hydrogens is 348 g/mol. The Labute approximate surface area is 165 Å². The first-order valence-corrected chi connectivity index (χ1v) is 9.89. The summed E-state index contributed by atoms with van der Waals surface area (Å²) < 4.78 is 5.30. The molecule has 0 amide bonds. The Morgan fingerprint density at radius 1 is 1.00 bits per heavy atom. The summed E-state index contributed by atoms with van der Waals surface area (Å²) in [5.41, 5.74) is 4.46. The fraction of sp³-hybridized carbons (Fsp3) is 0.292. The Morgan fingerprint density at radius 2 is 1.86 bits per heavy atom. The molecule has 2 aliphatic heterocycles. The van der Waals surface area contributed by atoms with E-state index in [1.165, 1.54) is 16.5 Å². The van der Waals surface area contributed by atoms with Crippen LogP contribution in [0.2, 0.25) is 0 Å². The Balaban J connectivity index is 1.45. The molecule has 1 atom stereocenters. The summed E-state index contributed by atoms with van der Waals surface area (Å²) in [6, 6.07) is 21.5. The van der Waals surface area contributed by atoms with Crippen molar-refractivity contribution in [2.75, 3.05) is 26.7 Å². The molecule has 0 radical (unpaired) electrons. The van der Waals surface area contributed by atoms with Crippen molar-refractivity contribution in [1.29, 1.82) is 0 Å². The topological polar surface area (TPSA) is 32.8 Å². The predicted molar refractivity (Wildman–Crippen MR) is 110 cm³/mol. The van der Waals surface area contributed by atoms with Crippen LogP contribution in [0.1, 0.15) is 33.1 Å². The second kappa shape index (κ2) is 7.04. The number of piperazine rings is 1. The highest BCUT2D eigenvalue weighted by Crippen LogP contribution is 2.32. The van der Waals surface area contributed by atoms with Crippen LogP contribution in [-0.2, 0) is 17.9 Å². The number of cyclic esters (lactones) is 1. The lowest BCUT2D eigenvalue weighted by Gasteiger charge is -2.40. The Bertz CT molecular complexity index is 1030. The lowest BCUT2D eigenvalue weighted by Crippen LogP contribution is -2.46. The number of benzene rings is 3. The zero-order valence-corrected chi connectivity index (χ0v) is 16.1. The van der Waals surface area contributed by atoms with Gasteiger partial charge in [-0.3, -0.25) is 9.80 Å². The maximum atomic E-state index is 12.2. The molecule has 3 aromatic rings. The van der Waals surface area contributed by atoms with E-state index in [9.17, 15) is 4.79 Å².